The quantitative estimate of drug-likeness (QED) is 0.894. The largest absolute Gasteiger partial charge is 0.489 e. The van der Waals surface area contributed by atoms with Gasteiger partial charge in [-0.05, 0) is 12.1 Å². The van der Waals surface area contributed by atoms with Crippen LogP contribution in [-0.4, -0.2) is 42.8 Å². The summed E-state index contributed by atoms with van der Waals surface area (Å²) >= 11 is 0. The molecule has 0 fully saturated rings. The Bertz CT molecular complexity index is 834. The summed E-state index contributed by atoms with van der Waals surface area (Å²) in [6, 6.07) is 6.73. The summed E-state index contributed by atoms with van der Waals surface area (Å²) in [5.41, 5.74) is 0.199. The van der Waals surface area contributed by atoms with Gasteiger partial charge in [-0.1, -0.05) is 17.3 Å². The normalized spacial score (nSPS) is 17.3. The first-order valence-corrected chi connectivity index (χ1v) is 7.57. The van der Waals surface area contributed by atoms with E-state index in [0.29, 0.717) is 11.4 Å². The van der Waals surface area contributed by atoms with E-state index >= 15 is 0 Å². The van der Waals surface area contributed by atoms with Crippen LogP contribution in [-0.2, 0) is 11.2 Å². The highest BCUT2D eigenvalue weighted by Gasteiger charge is 2.33. The van der Waals surface area contributed by atoms with Gasteiger partial charge < -0.3 is 19.5 Å². The van der Waals surface area contributed by atoms with Crippen LogP contribution in [0.5, 0.6) is 5.75 Å². The first-order chi connectivity index (χ1) is 12.2. The Morgan fingerprint density at radius 2 is 2.12 bits per heavy atom. The topological polar surface area (TPSA) is 84.7 Å². The number of rotatable bonds is 3. The average molecular weight is 369 g/mol. The molecule has 7 nitrogen and oxygen atoms in total. The van der Waals surface area contributed by atoms with Gasteiger partial charge in [0.25, 0.3) is 11.8 Å². The number of likely N-dealkylation sites (N-methyl/N-ethyl adjacent to an activating group) is 1. The van der Waals surface area contributed by atoms with Crippen LogP contribution < -0.4 is 15.0 Å². The molecule has 0 unspecified atom stereocenters. The van der Waals surface area contributed by atoms with Gasteiger partial charge in [-0.15, -0.1) is 0 Å². The molecule has 1 aliphatic heterocycles. The number of amides is 2. The summed E-state index contributed by atoms with van der Waals surface area (Å²) in [4.78, 5) is 26.0. The number of carbonyl (C=O) groups is 2. The van der Waals surface area contributed by atoms with Crippen molar-refractivity contribution in [1.29, 1.82) is 0 Å². The van der Waals surface area contributed by atoms with Gasteiger partial charge in [0.2, 0.25) is 0 Å². The van der Waals surface area contributed by atoms with E-state index in [4.69, 9.17) is 4.74 Å². The maximum absolute atomic E-state index is 12.5. The molecule has 2 aromatic rings. The molecule has 3 rings (SSSR count). The number of hydrogen-bond acceptors (Lipinski definition) is 5. The summed E-state index contributed by atoms with van der Waals surface area (Å²) in [6.07, 6.45) is -5.82. The molecule has 0 spiro atoms. The third-order valence-electron chi connectivity index (χ3n) is 3.73. The Balaban J connectivity index is 1.71. The van der Waals surface area contributed by atoms with Crippen molar-refractivity contribution in [2.24, 2.45) is 0 Å². The number of anilines is 1. The first-order valence-electron chi connectivity index (χ1n) is 7.57. The van der Waals surface area contributed by atoms with Crippen LogP contribution in [0.2, 0.25) is 0 Å². The molecule has 0 radical (unpaired) electrons. The molecule has 0 bridgehead atoms. The Hall–Kier alpha value is -3.04. The van der Waals surface area contributed by atoms with Crippen molar-refractivity contribution < 1.29 is 32.0 Å². The smallest absolute Gasteiger partial charge is 0.396 e. The zero-order valence-corrected chi connectivity index (χ0v) is 13.5. The van der Waals surface area contributed by atoms with Crippen molar-refractivity contribution in [1.82, 2.24) is 10.5 Å². The number of nitrogens with zero attached hydrogens (tertiary/aromatic N) is 2. The second kappa shape index (κ2) is 6.70. The number of fused-ring (bicyclic) bond motifs is 1. The van der Waals surface area contributed by atoms with Crippen molar-refractivity contribution in [3.05, 3.63) is 41.8 Å². The van der Waals surface area contributed by atoms with E-state index in [2.05, 4.69) is 15.0 Å². The summed E-state index contributed by atoms with van der Waals surface area (Å²) < 4.78 is 47.1. The van der Waals surface area contributed by atoms with Gasteiger partial charge in [-0.3, -0.25) is 9.59 Å². The van der Waals surface area contributed by atoms with Gasteiger partial charge in [-0.2, -0.15) is 13.2 Å². The lowest BCUT2D eigenvalue weighted by molar-refractivity contribution is -0.130. The fraction of sp³-hybridized carbons (Fsp3) is 0.312. The Kier molecular flexibility index (Phi) is 4.58. The first kappa shape index (κ1) is 17.8. The van der Waals surface area contributed by atoms with Crippen LogP contribution in [0, 0.1) is 0 Å². The van der Waals surface area contributed by atoms with Gasteiger partial charge in [0.1, 0.15) is 30.6 Å². The molecule has 2 amide bonds. The number of alkyl halides is 3. The number of benzene rings is 1. The lowest BCUT2D eigenvalue weighted by atomic mass is 10.2. The number of halogens is 3. The third-order valence-corrected chi connectivity index (χ3v) is 3.73. The lowest BCUT2D eigenvalue weighted by Gasteiger charge is -2.19. The molecule has 0 aliphatic carbocycles. The molecule has 1 aromatic heterocycles. The third kappa shape index (κ3) is 3.79. The highest BCUT2D eigenvalue weighted by molar-refractivity contribution is 6.02. The highest BCUT2D eigenvalue weighted by atomic mass is 19.4. The molecule has 0 saturated heterocycles. The van der Waals surface area contributed by atoms with E-state index in [1.807, 2.05) is 0 Å². The molecular formula is C16H14F3N3O4. The van der Waals surface area contributed by atoms with E-state index in [9.17, 15) is 22.8 Å². The molecule has 10 heteroatoms. The van der Waals surface area contributed by atoms with E-state index < -0.39 is 36.2 Å². The number of ether oxygens (including phenoxy) is 1. The van der Waals surface area contributed by atoms with Crippen LogP contribution in [0.25, 0.3) is 0 Å². The minimum Gasteiger partial charge on any atom is -0.489 e. The summed E-state index contributed by atoms with van der Waals surface area (Å²) in [5, 5.41) is 5.73. The molecular weight excluding hydrogens is 355 g/mol. The number of aromatic nitrogens is 1. The van der Waals surface area contributed by atoms with Crippen LogP contribution in [0.4, 0.5) is 18.9 Å². The van der Waals surface area contributed by atoms with Gasteiger partial charge in [0.15, 0.2) is 5.69 Å². The van der Waals surface area contributed by atoms with Crippen molar-refractivity contribution in [2.75, 3.05) is 18.6 Å². The molecule has 0 saturated carbocycles. The van der Waals surface area contributed by atoms with Crippen LogP contribution >= 0.6 is 0 Å². The Morgan fingerprint density at radius 3 is 2.85 bits per heavy atom. The maximum atomic E-state index is 12.5. The van der Waals surface area contributed by atoms with E-state index in [1.165, 1.54) is 11.9 Å². The van der Waals surface area contributed by atoms with Crippen molar-refractivity contribution >= 4 is 17.5 Å². The standard InChI is InChI=1S/C16H14F3N3O4/c1-22-12-4-2-3-5-13(12)25-8-11(15(22)24)20-14(23)10-6-9(26-21-10)7-16(17,18)19/h2-6,11H,7-8H2,1H3,(H,20,23)/t11-/m0/s1. The molecule has 1 aliphatic rings. The van der Waals surface area contributed by atoms with Crippen molar-refractivity contribution in [3.63, 3.8) is 0 Å². The zero-order valence-electron chi connectivity index (χ0n) is 13.5. The average Bonchev–Trinajstić information content (AvgIpc) is 2.99. The summed E-state index contributed by atoms with van der Waals surface area (Å²) in [7, 11) is 1.53. The number of nitrogens with one attached hydrogen (secondary N) is 1. The predicted molar refractivity (Wildman–Crippen MR) is 82.9 cm³/mol. The Morgan fingerprint density at radius 1 is 1.38 bits per heavy atom. The van der Waals surface area contributed by atoms with Crippen LogP contribution in [0.15, 0.2) is 34.9 Å². The maximum Gasteiger partial charge on any atom is 0.396 e. The van der Waals surface area contributed by atoms with E-state index in [1.54, 1.807) is 24.3 Å². The highest BCUT2D eigenvalue weighted by Crippen LogP contribution is 2.30. The van der Waals surface area contributed by atoms with Gasteiger partial charge in [0.05, 0.1) is 5.69 Å². The summed E-state index contributed by atoms with van der Waals surface area (Å²) in [5.74, 6) is -1.27. The molecule has 26 heavy (non-hydrogen) atoms. The van der Waals surface area contributed by atoms with Crippen LogP contribution in [0.1, 0.15) is 16.2 Å². The monoisotopic (exact) mass is 369 g/mol. The van der Waals surface area contributed by atoms with Gasteiger partial charge in [-0.25, -0.2) is 0 Å². The van der Waals surface area contributed by atoms with Crippen molar-refractivity contribution in [2.45, 2.75) is 18.6 Å². The zero-order chi connectivity index (χ0) is 18.9. The molecule has 2 heterocycles. The Labute approximate surface area is 145 Å². The van der Waals surface area contributed by atoms with E-state index in [0.717, 1.165) is 6.07 Å². The fourth-order valence-corrected chi connectivity index (χ4v) is 2.49. The second-order valence-corrected chi connectivity index (χ2v) is 5.67. The van der Waals surface area contributed by atoms with Gasteiger partial charge >= 0.3 is 6.18 Å². The minimum atomic E-state index is -4.48. The number of carbonyl (C=O) groups excluding carboxylic acids is 2. The lowest BCUT2D eigenvalue weighted by Crippen LogP contribution is -2.49. The van der Waals surface area contributed by atoms with Crippen molar-refractivity contribution in [3.8, 4) is 5.75 Å². The molecule has 1 aromatic carbocycles. The predicted octanol–water partition coefficient (Wildman–Crippen LogP) is 1.93. The molecule has 138 valence electrons. The number of para-hydroxylation sites is 2. The SMILES string of the molecule is CN1C(=O)[C@@H](NC(=O)c2cc(CC(F)(F)F)on2)COc2ccccc21. The second-order valence-electron chi connectivity index (χ2n) is 5.67. The molecule has 1 N–H and O–H groups in total. The van der Waals surface area contributed by atoms with E-state index in [-0.39, 0.29) is 12.3 Å². The number of hydrogen-bond donors (Lipinski definition) is 1. The van der Waals surface area contributed by atoms with Crippen LogP contribution in [0.3, 0.4) is 0 Å². The van der Waals surface area contributed by atoms with Gasteiger partial charge in [0, 0.05) is 13.1 Å². The fourth-order valence-electron chi connectivity index (χ4n) is 2.49. The molecule has 1 atom stereocenters. The summed E-state index contributed by atoms with van der Waals surface area (Å²) in [6.45, 7) is -0.126. The minimum absolute atomic E-state index is 0.126.